The van der Waals surface area contributed by atoms with Gasteiger partial charge < -0.3 is 14.6 Å². The van der Waals surface area contributed by atoms with E-state index in [1.54, 1.807) is 7.11 Å². The SMILES string of the molecule is CCC(CC)N(CC(C)C)CC(O)COCCOC. The standard InChI is InChI=1S/C15H33NO3/c1-6-14(7-2)16(10-13(3)4)11-15(17)12-19-9-8-18-5/h13-15,17H,6-12H2,1-5H3. The Morgan fingerprint density at radius 3 is 2.16 bits per heavy atom. The Bertz CT molecular complexity index is 196. The zero-order valence-corrected chi connectivity index (χ0v) is 13.4. The molecular weight excluding hydrogens is 242 g/mol. The number of aliphatic hydroxyl groups excluding tert-OH is 1. The lowest BCUT2D eigenvalue weighted by atomic mass is 10.1. The van der Waals surface area contributed by atoms with E-state index in [9.17, 15) is 5.11 Å². The van der Waals surface area contributed by atoms with Crippen LogP contribution >= 0.6 is 0 Å². The van der Waals surface area contributed by atoms with E-state index < -0.39 is 6.10 Å². The summed E-state index contributed by atoms with van der Waals surface area (Å²) in [6.07, 6.45) is 1.83. The maximum atomic E-state index is 10.1. The van der Waals surface area contributed by atoms with Crippen LogP contribution in [0.25, 0.3) is 0 Å². The summed E-state index contributed by atoms with van der Waals surface area (Å²) in [5.74, 6) is 0.613. The van der Waals surface area contributed by atoms with Crippen molar-refractivity contribution in [3.63, 3.8) is 0 Å². The van der Waals surface area contributed by atoms with Crippen molar-refractivity contribution in [1.82, 2.24) is 4.90 Å². The van der Waals surface area contributed by atoms with Crippen LogP contribution in [-0.4, -0.2) is 62.2 Å². The molecule has 4 nitrogen and oxygen atoms in total. The van der Waals surface area contributed by atoms with Crippen LogP contribution in [0.5, 0.6) is 0 Å². The van der Waals surface area contributed by atoms with Crippen molar-refractivity contribution in [1.29, 1.82) is 0 Å². The Morgan fingerprint density at radius 2 is 1.68 bits per heavy atom. The van der Waals surface area contributed by atoms with Gasteiger partial charge in [-0.3, -0.25) is 4.90 Å². The summed E-state index contributed by atoms with van der Waals surface area (Å²) in [5, 5.41) is 10.1. The van der Waals surface area contributed by atoms with Crippen molar-refractivity contribution in [2.45, 2.75) is 52.7 Å². The van der Waals surface area contributed by atoms with Gasteiger partial charge in [-0.25, -0.2) is 0 Å². The van der Waals surface area contributed by atoms with Crippen molar-refractivity contribution in [2.75, 3.05) is 40.0 Å². The monoisotopic (exact) mass is 275 g/mol. The van der Waals surface area contributed by atoms with Crippen molar-refractivity contribution in [2.24, 2.45) is 5.92 Å². The largest absolute Gasteiger partial charge is 0.389 e. The number of rotatable bonds is 12. The van der Waals surface area contributed by atoms with E-state index >= 15 is 0 Å². The maximum Gasteiger partial charge on any atom is 0.0900 e. The molecule has 0 aliphatic rings. The van der Waals surface area contributed by atoms with E-state index in [1.807, 2.05) is 0 Å². The molecule has 1 unspecified atom stereocenters. The first-order valence-electron chi connectivity index (χ1n) is 7.53. The molecule has 19 heavy (non-hydrogen) atoms. The van der Waals surface area contributed by atoms with Crippen LogP contribution < -0.4 is 0 Å². The van der Waals surface area contributed by atoms with Gasteiger partial charge in [0.1, 0.15) is 0 Å². The van der Waals surface area contributed by atoms with Crippen LogP contribution in [0.2, 0.25) is 0 Å². The second kappa shape index (κ2) is 11.6. The highest BCUT2D eigenvalue weighted by Gasteiger charge is 2.19. The second-order valence-electron chi connectivity index (χ2n) is 5.54. The third-order valence-electron chi connectivity index (χ3n) is 3.25. The van der Waals surface area contributed by atoms with E-state index in [0.29, 0.717) is 38.3 Å². The number of ether oxygens (including phenoxy) is 2. The average Bonchev–Trinajstić information content (AvgIpc) is 2.35. The van der Waals surface area contributed by atoms with Crippen molar-refractivity contribution < 1.29 is 14.6 Å². The fraction of sp³-hybridized carbons (Fsp3) is 1.00. The van der Waals surface area contributed by atoms with Gasteiger partial charge in [0.25, 0.3) is 0 Å². The summed E-state index contributed by atoms with van der Waals surface area (Å²) in [7, 11) is 1.65. The summed E-state index contributed by atoms with van der Waals surface area (Å²) < 4.78 is 10.3. The van der Waals surface area contributed by atoms with Crippen molar-refractivity contribution in [3.8, 4) is 0 Å². The first kappa shape index (κ1) is 18.8. The lowest BCUT2D eigenvalue weighted by Gasteiger charge is -2.33. The smallest absolute Gasteiger partial charge is 0.0900 e. The summed E-state index contributed by atoms with van der Waals surface area (Å²) >= 11 is 0. The molecule has 0 radical (unpaired) electrons. The Hall–Kier alpha value is -0.160. The predicted octanol–water partition coefficient (Wildman–Crippen LogP) is 2.16. The van der Waals surface area contributed by atoms with E-state index in [2.05, 4.69) is 32.6 Å². The molecule has 0 fully saturated rings. The lowest BCUT2D eigenvalue weighted by molar-refractivity contribution is -0.00892. The molecule has 4 heteroatoms. The lowest BCUT2D eigenvalue weighted by Crippen LogP contribution is -2.43. The van der Waals surface area contributed by atoms with Gasteiger partial charge in [0.15, 0.2) is 0 Å². The molecule has 0 aromatic rings. The summed E-state index contributed by atoms with van der Waals surface area (Å²) in [5.41, 5.74) is 0. The van der Waals surface area contributed by atoms with Crippen molar-refractivity contribution >= 4 is 0 Å². The molecule has 0 amide bonds. The Labute approximate surface area is 119 Å². The molecule has 0 bridgehead atoms. The quantitative estimate of drug-likeness (QED) is 0.554. The number of nitrogens with zero attached hydrogens (tertiary/aromatic N) is 1. The van der Waals surface area contributed by atoms with E-state index in [0.717, 1.165) is 19.4 Å². The molecular formula is C15H33NO3. The van der Waals surface area contributed by atoms with Gasteiger partial charge in [-0.05, 0) is 18.8 Å². The summed E-state index contributed by atoms with van der Waals surface area (Å²) in [4.78, 5) is 2.40. The van der Waals surface area contributed by atoms with Gasteiger partial charge in [-0.1, -0.05) is 27.7 Å². The zero-order valence-electron chi connectivity index (χ0n) is 13.4. The summed E-state index contributed by atoms with van der Waals surface area (Å²) in [6.45, 7) is 12.1. The highest BCUT2D eigenvalue weighted by Crippen LogP contribution is 2.12. The predicted molar refractivity (Wildman–Crippen MR) is 79.5 cm³/mol. The average molecular weight is 275 g/mol. The van der Waals surface area contributed by atoms with Crippen LogP contribution in [-0.2, 0) is 9.47 Å². The highest BCUT2D eigenvalue weighted by atomic mass is 16.5. The van der Waals surface area contributed by atoms with Crippen LogP contribution in [0.3, 0.4) is 0 Å². The van der Waals surface area contributed by atoms with Crippen LogP contribution in [0, 0.1) is 5.92 Å². The molecule has 0 saturated heterocycles. The van der Waals surface area contributed by atoms with E-state index in [4.69, 9.17) is 9.47 Å². The third kappa shape index (κ3) is 9.38. The Morgan fingerprint density at radius 1 is 1.05 bits per heavy atom. The Kier molecular flexibility index (Phi) is 11.6. The third-order valence-corrected chi connectivity index (χ3v) is 3.25. The molecule has 0 aliphatic carbocycles. The molecule has 0 saturated carbocycles. The maximum absolute atomic E-state index is 10.1. The molecule has 1 N–H and O–H groups in total. The van der Waals surface area contributed by atoms with Gasteiger partial charge >= 0.3 is 0 Å². The fourth-order valence-electron chi connectivity index (χ4n) is 2.33. The zero-order chi connectivity index (χ0) is 14.7. The molecule has 116 valence electrons. The molecule has 0 aromatic carbocycles. The first-order chi connectivity index (χ1) is 9.04. The van der Waals surface area contributed by atoms with Crippen molar-refractivity contribution in [3.05, 3.63) is 0 Å². The number of aliphatic hydroxyl groups is 1. The van der Waals surface area contributed by atoms with Crippen LogP contribution in [0.4, 0.5) is 0 Å². The molecule has 0 aliphatic heterocycles. The molecule has 0 aromatic heterocycles. The Balaban J connectivity index is 4.14. The molecule has 0 heterocycles. The van der Waals surface area contributed by atoms with E-state index in [1.165, 1.54) is 0 Å². The second-order valence-corrected chi connectivity index (χ2v) is 5.54. The van der Waals surface area contributed by atoms with Gasteiger partial charge in [-0.15, -0.1) is 0 Å². The minimum atomic E-state index is -0.420. The number of hydrogen-bond acceptors (Lipinski definition) is 4. The fourth-order valence-corrected chi connectivity index (χ4v) is 2.33. The topological polar surface area (TPSA) is 41.9 Å². The highest BCUT2D eigenvalue weighted by molar-refractivity contribution is 4.73. The van der Waals surface area contributed by atoms with Gasteiger partial charge in [0, 0.05) is 26.2 Å². The normalized spacial score (nSPS) is 13.7. The van der Waals surface area contributed by atoms with Gasteiger partial charge in [0.05, 0.1) is 25.9 Å². The van der Waals surface area contributed by atoms with Crippen LogP contribution in [0.15, 0.2) is 0 Å². The van der Waals surface area contributed by atoms with Crippen LogP contribution in [0.1, 0.15) is 40.5 Å². The molecule has 0 spiro atoms. The van der Waals surface area contributed by atoms with Gasteiger partial charge in [0.2, 0.25) is 0 Å². The number of methoxy groups -OCH3 is 1. The van der Waals surface area contributed by atoms with E-state index in [-0.39, 0.29) is 0 Å². The summed E-state index contributed by atoms with van der Waals surface area (Å²) in [6, 6.07) is 0.552. The minimum Gasteiger partial charge on any atom is -0.389 e. The molecule has 1 atom stereocenters. The minimum absolute atomic E-state index is 0.387. The van der Waals surface area contributed by atoms with Gasteiger partial charge in [-0.2, -0.15) is 0 Å². The number of hydrogen-bond donors (Lipinski definition) is 1. The first-order valence-corrected chi connectivity index (χ1v) is 7.53. The molecule has 0 rings (SSSR count).